The molecule has 1 unspecified atom stereocenters. The van der Waals surface area contributed by atoms with Crippen LogP contribution >= 0.6 is 11.8 Å². The molecule has 4 rings (SSSR count). The standard InChI is InChI=1S/C19H19N3O4S/c23-17(12-16-18(24)20-13-4-1-2-6-15(13)27-16)21-7-9-22(10-8-21)19(25)14-5-3-11-26-14/h1-6,11,16H,7-10,12H2,(H,20,24). The molecule has 2 aliphatic rings. The maximum atomic E-state index is 12.6. The average Bonchev–Trinajstić information content (AvgIpc) is 3.23. The summed E-state index contributed by atoms with van der Waals surface area (Å²) in [5, 5.41) is 2.43. The zero-order valence-electron chi connectivity index (χ0n) is 14.6. The summed E-state index contributed by atoms with van der Waals surface area (Å²) >= 11 is 1.42. The molecule has 27 heavy (non-hydrogen) atoms. The van der Waals surface area contributed by atoms with Crippen LogP contribution in [0.2, 0.25) is 0 Å². The minimum atomic E-state index is -0.435. The second-order valence-electron chi connectivity index (χ2n) is 6.45. The number of hydrogen-bond donors (Lipinski definition) is 1. The van der Waals surface area contributed by atoms with E-state index in [0.717, 1.165) is 10.6 Å². The lowest BCUT2D eigenvalue weighted by Gasteiger charge is -2.35. The summed E-state index contributed by atoms with van der Waals surface area (Å²) in [5.41, 5.74) is 0.793. The highest BCUT2D eigenvalue weighted by molar-refractivity contribution is 8.01. The first-order valence-corrected chi connectivity index (χ1v) is 9.67. The molecular weight excluding hydrogens is 366 g/mol. The fourth-order valence-corrected chi connectivity index (χ4v) is 4.33. The van der Waals surface area contributed by atoms with Gasteiger partial charge in [0.1, 0.15) is 0 Å². The Morgan fingerprint density at radius 3 is 2.56 bits per heavy atom. The summed E-state index contributed by atoms with van der Waals surface area (Å²) in [7, 11) is 0. The summed E-state index contributed by atoms with van der Waals surface area (Å²) < 4.78 is 5.14. The SMILES string of the molecule is O=C1Nc2ccccc2SC1CC(=O)N1CCN(C(=O)c2ccco2)CC1. The van der Waals surface area contributed by atoms with Crippen molar-refractivity contribution >= 4 is 35.2 Å². The minimum Gasteiger partial charge on any atom is -0.459 e. The molecule has 0 bridgehead atoms. The number of rotatable bonds is 3. The molecule has 140 valence electrons. The molecule has 8 heteroatoms. The Morgan fingerprint density at radius 2 is 1.81 bits per heavy atom. The zero-order valence-corrected chi connectivity index (χ0v) is 15.4. The van der Waals surface area contributed by atoms with Crippen LogP contribution in [-0.4, -0.2) is 59.0 Å². The van der Waals surface area contributed by atoms with Crippen LogP contribution in [0.15, 0.2) is 52.0 Å². The summed E-state index contributed by atoms with van der Waals surface area (Å²) in [4.78, 5) is 41.6. The van der Waals surface area contributed by atoms with Crippen molar-refractivity contribution in [3.8, 4) is 0 Å². The third kappa shape index (κ3) is 3.71. The van der Waals surface area contributed by atoms with Crippen LogP contribution in [0.25, 0.3) is 0 Å². The predicted molar refractivity (Wildman–Crippen MR) is 101 cm³/mol. The predicted octanol–water partition coefficient (Wildman–Crippen LogP) is 2.07. The molecule has 1 atom stereocenters. The van der Waals surface area contributed by atoms with E-state index in [0.29, 0.717) is 31.9 Å². The Morgan fingerprint density at radius 1 is 1.07 bits per heavy atom. The monoisotopic (exact) mass is 385 g/mol. The van der Waals surface area contributed by atoms with Gasteiger partial charge in [-0.05, 0) is 24.3 Å². The van der Waals surface area contributed by atoms with Crippen LogP contribution in [0.3, 0.4) is 0 Å². The maximum Gasteiger partial charge on any atom is 0.289 e. The van der Waals surface area contributed by atoms with Crippen molar-refractivity contribution in [2.24, 2.45) is 0 Å². The highest BCUT2D eigenvalue weighted by Crippen LogP contribution is 2.36. The molecule has 0 saturated carbocycles. The molecule has 0 aliphatic carbocycles. The number of piperazine rings is 1. The summed E-state index contributed by atoms with van der Waals surface area (Å²) in [5.74, 6) is -0.0551. The Kier molecular flexibility index (Phi) is 4.89. The maximum absolute atomic E-state index is 12.6. The Labute approximate surface area is 160 Å². The number of nitrogens with zero attached hydrogens (tertiary/aromatic N) is 2. The third-order valence-electron chi connectivity index (χ3n) is 4.72. The van der Waals surface area contributed by atoms with Crippen molar-refractivity contribution < 1.29 is 18.8 Å². The first kappa shape index (κ1) is 17.7. The fourth-order valence-electron chi connectivity index (χ4n) is 3.23. The molecule has 3 amide bonds. The quantitative estimate of drug-likeness (QED) is 0.875. The molecule has 2 aromatic rings. The number of anilines is 1. The van der Waals surface area contributed by atoms with Gasteiger partial charge >= 0.3 is 0 Å². The molecule has 0 radical (unpaired) electrons. The first-order chi connectivity index (χ1) is 13.1. The molecule has 7 nitrogen and oxygen atoms in total. The van der Waals surface area contributed by atoms with Gasteiger partial charge in [0.25, 0.3) is 5.91 Å². The van der Waals surface area contributed by atoms with Crippen LogP contribution in [0.1, 0.15) is 17.0 Å². The van der Waals surface area contributed by atoms with E-state index in [1.165, 1.54) is 18.0 Å². The number of benzene rings is 1. The number of amides is 3. The number of para-hydroxylation sites is 1. The van der Waals surface area contributed by atoms with Gasteiger partial charge in [-0.1, -0.05) is 12.1 Å². The van der Waals surface area contributed by atoms with Crippen LogP contribution in [0, 0.1) is 0 Å². The Balaban J connectivity index is 1.32. The smallest absolute Gasteiger partial charge is 0.289 e. The Bertz CT molecular complexity index is 860. The van der Waals surface area contributed by atoms with E-state index >= 15 is 0 Å². The van der Waals surface area contributed by atoms with Gasteiger partial charge in [0, 0.05) is 37.5 Å². The van der Waals surface area contributed by atoms with Crippen molar-refractivity contribution in [1.82, 2.24) is 9.80 Å². The number of nitrogens with one attached hydrogen (secondary N) is 1. The van der Waals surface area contributed by atoms with Gasteiger partial charge in [-0.15, -0.1) is 11.8 Å². The lowest BCUT2D eigenvalue weighted by molar-refractivity contribution is -0.134. The zero-order chi connectivity index (χ0) is 18.8. The molecular formula is C19H19N3O4S. The second kappa shape index (κ2) is 7.48. The number of fused-ring (bicyclic) bond motifs is 1. The summed E-state index contributed by atoms with van der Waals surface area (Å²) in [6, 6.07) is 10.9. The normalized spacial score (nSPS) is 19.4. The van der Waals surface area contributed by atoms with Gasteiger partial charge in [-0.2, -0.15) is 0 Å². The Hall–Kier alpha value is -2.74. The van der Waals surface area contributed by atoms with Crippen LogP contribution in [0.5, 0.6) is 0 Å². The minimum absolute atomic E-state index is 0.0628. The number of carbonyl (C=O) groups is 3. The molecule has 1 aromatic carbocycles. The van der Waals surface area contributed by atoms with E-state index in [9.17, 15) is 14.4 Å². The topological polar surface area (TPSA) is 82.9 Å². The molecule has 3 heterocycles. The van der Waals surface area contributed by atoms with E-state index in [-0.39, 0.29) is 24.1 Å². The van der Waals surface area contributed by atoms with Gasteiger partial charge < -0.3 is 19.5 Å². The summed E-state index contributed by atoms with van der Waals surface area (Å²) in [6.07, 6.45) is 1.62. The van der Waals surface area contributed by atoms with Crippen LogP contribution in [-0.2, 0) is 9.59 Å². The van der Waals surface area contributed by atoms with Crippen LogP contribution < -0.4 is 5.32 Å². The van der Waals surface area contributed by atoms with Crippen molar-refractivity contribution in [1.29, 1.82) is 0 Å². The van der Waals surface area contributed by atoms with E-state index in [1.54, 1.807) is 21.9 Å². The van der Waals surface area contributed by atoms with Gasteiger partial charge in [0.2, 0.25) is 11.8 Å². The van der Waals surface area contributed by atoms with Crippen molar-refractivity contribution in [2.75, 3.05) is 31.5 Å². The molecule has 1 fully saturated rings. The molecule has 1 aromatic heterocycles. The number of hydrogen-bond acceptors (Lipinski definition) is 5. The van der Waals surface area contributed by atoms with Crippen molar-refractivity contribution in [2.45, 2.75) is 16.6 Å². The van der Waals surface area contributed by atoms with E-state index in [4.69, 9.17) is 4.42 Å². The fraction of sp³-hybridized carbons (Fsp3) is 0.316. The molecule has 1 N–H and O–H groups in total. The number of carbonyl (C=O) groups excluding carboxylic acids is 3. The lowest BCUT2D eigenvalue weighted by atomic mass is 10.2. The van der Waals surface area contributed by atoms with Crippen LogP contribution in [0.4, 0.5) is 5.69 Å². The molecule has 2 aliphatic heterocycles. The van der Waals surface area contributed by atoms with Crippen molar-refractivity contribution in [3.63, 3.8) is 0 Å². The van der Waals surface area contributed by atoms with E-state index < -0.39 is 5.25 Å². The number of thioether (sulfide) groups is 1. The lowest BCUT2D eigenvalue weighted by Crippen LogP contribution is -2.51. The number of furan rings is 1. The average molecular weight is 385 g/mol. The highest BCUT2D eigenvalue weighted by Gasteiger charge is 2.32. The largest absolute Gasteiger partial charge is 0.459 e. The van der Waals surface area contributed by atoms with Crippen molar-refractivity contribution in [3.05, 3.63) is 48.4 Å². The third-order valence-corrected chi connectivity index (χ3v) is 5.99. The van der Waals surface area contributed by atoms with E-state index in [2.05, 4.69) is 5.32 Å². The molecule has 1 saturated heterocycles. The second-order valence-corrected chi connectivity index (χ2v) is 7.69. The van der Waals surface area contributed by atoms with Gasteiger partial charge in [-0.25, -0.2) is 0 Å². The van der Waals surface area contributed by atoms with E-state index in [1.807, 2.05) is 24.3 Å². The van der Waals surface area contributed by atoms with Gasteiger partial charge in [-0.3, -0.25) is 14.4 Å². The first-order valence-electron chi connectivity index (χ1n) is 8.79. The summed E-state index contributed by atoms with van der Waals surface area (Å²) in [6.45, 7) is 1.83. The highest BCUT2D eigenvalue weighted by atomic mass is 32.2. The van der Waals surface area contributed by atoms with Gasteiger partial charge in [0.15, 0.2) is 5.76 Å². The molecule has 0 spiro atoms. The van der Waals surface area contributed by atoms with Gasteiger partial charge in [0.05, 0.1) is 17.2 Å².